The van der Waals surface area contributed by atoms with Crippen molar-refractivity contribution >= 4 is 40.0 Å². The molecule has 204 valence electrons. The van der Waals surface area contributed by atoms with Crippen LogP contribution < -0.4 is 10.6 Å². The number of nitrogens with zero attached hydrogens (tertiary/aromatic N) is 2. The Hall–Kier alpha value is -3.21. The van der Waals surface area contributed by atoms with E-state index in [4.69, 9.17) is 11.6 Å². The van der Waals surface area contributed by atoms with Crippen LogP contribution in [0, 0.1) is 17.8 Å². The quantitative estimate of drug-likeness (QED) is 0.151. The van der Waals surface area contributed by atoms with E-state index in [2.05, 4.69) is 21.9 Å². The van der Waals surface area contributed by atoms with Crippen LogP contribution in [0.4, 0.5) is 36.4 Å². The monoisotopic (exact) mass is 683 g/mol. The van der Waals surface area contributed by atoms with E-state index in [-0.39, 0.29) is 71.7 Å². The largest absolute Gasteiger partial charge is 0.416 e. The number of nitrogens with one attached hydrogen (secondary N) is 2. The number of fused-ring (bicyclic) bond motifs is 3. The van der Waals surface area contributed by atoms with Gasteiger partial charge in [0.1, 0.15) is 11.6 Å². The van der Waals surface area contributed by atoms with Crippen molar-refractivity contribution in [3.05, 3.63) is 93.1 Å². The average molecular weight is 682 g/mol. The number of anilines is 1. The van der Waals surface area contributed by atoms with Crippen molar-refractivity contribution in [3.63, 3.8) is 0 Å². The smallest absolute Gasteiger partial charge is 0.352 e. The summed E-state index contributed by atoms with van der Waals surface area (Å²) in [6.45, 7) is -0.897. The molecule has 1 atom stereocenters. The molecule has 0 fully saturated rings. The first-order valence-electron chi connectivity index (χ1n) is 11.0. The van der Waals surface area contributed by atoms with Gasteiger partial charge in [-0.3, -0.25) is 14.7 Å². The number of hydrogen-bond donors (Lipinski definition) is 2. The fraction of sp³-hybridized carbons (Fsp3) is 0.160. The standard InChI is InChI=1S/C25H13ClF7N4O2.Cd/c26-16-2-1-12(27)6-14(16)22-21-17(35-23(38)10-3-11(25(31,32)33)5-13(28)4-10)7-18-15(20(21)24(39)36-22)8-34-37(18)9-19(29)30;/h1-7,19,22H,9H2,(H,35,38)(H,36,39);/q-1;. The molecule has 0 saturated heterocycles. The Morgan fingerprint density at radius 1 is 1.12 bits per heavy atom. The SMILES string of the molecule is O=C(Nc1cc2c([c-]nn2CC(F)F)c2c1C(c1cc(F)ccc1Cl)NC2=O)c1cc(F)cc(C(F)(F)F)c1.[Cd]. The van der Waals surface area contributed by atoms with E-state index in [0.717, 1.165) is 16.8 Å². The number of alkyl halides is 5. The van der Waals surface area contributed by atoms with E-state index >= 15 is 0 Å². The number of benzene rings is 3. The second kappa shape index (κ2) is 11.0. The van der Waals surface area contributed by atoms with Gasteiger partial charge in [0.25, 0.3) is 12.3 Å². The Morgan fingerprint density at radius 3 is 2.52 bits per heavy atom. The zero-order chi connectivity index (χ0) is 28.2. The zero-order valence-corrected chi connectivity index (χ0v) is 24.6. The molecular weight excluding hydrogens is 669 g/mol. The van der Waals surface area contributed by atoms with Gasteiger partial charge < -0.3 is 15.3 Å². The number of rotatable bonds is 5. The van der Waals surface area contributed by atoms with Gasteiger partial charge in [-0.05, 0) is 59.2 Å². The van der Waals surface area contributed by atoms with Gasteiger partial charge in [0.2, 0.25) is 0 Å². The molecule has 2 N–H and O–H groups in total. The number of carbonyl (C=O) groups excluding carboxylic acids is 2. The van der Waals surface area contributed by atoms with E-state index in [9.17, 15) is 40.3 Å². The van der Waals surface area contributed by atoms with Gasteiger partial charge >= 0.3 is 6.18 Å². The molecule has 3 aromatic carbocycles. The van der Waals surface area contributed by atoms with Crippen molar-refractivity contribution in [3.8, 4) is 0 Å². The molecule has 0 bridgehead atoms. The molecule has 6 nitrogen and oxygen atoms in total. The summed E-state index contributed by atoms with van der Waals surface area (Å²) < 4.78 is 94.8. The average Bonchev–Trinajstić information content (AvgIpc) is 3.40. The van der Waals surface area contributed by atoms with Gasteiger partial charge in [-0.1, -0.05) is 23.2 Å². The van der Waals surface area contributed by atoms with Gasteiger partial charge in [-0.25, -0.2) is 17.6 Å². The summed E-state index contributed by atoms with van der Waals surface area (Å²) in [5.74, 6) is -4.00. The summed E-state index contributed by atoms with van der Waals surface area (Å²) in [4.78, 5) is 26.1. The maximum absolute atomic E-state index is 14.1. The van der Waals surface area contributed by atoms with Crippen molar-refractivity contribution in [2.75, 3.05) is 5.32 Å². The zero-order valence-electron chi connectivity index (χ0n) is 19.8. The maximum Gasteiger partial charge on any atom is 0.416 e. The molecule has 5 rings (SSSR count). The van der Waals surface area contributed by atoms with Crippen LogP contribution in [0.2, 0.25) is 5.02 Å². The maximum atomic E-state index is 14.1. The normalized spacial score (nSPS) is 14.7. The van der Waals surface area contributed by atoms with Crippen LogP contribution in [-0.2, 0) is 40.0 Å². The summed E-state index contributed by atoms with van der Waals surface area (Å²) in [7, 11) is 0. The summed E-state index contributed by atoms with van der Waals surface area (Å²) >= 11 is 6.24. The van der Waals surface area contributed by atoms with E-state index in [1.807, 2.05) is 0 Å². The minimum absolute atomic E-state index is 0. The van der Waals surface area contributed by atoms with Crippen molar-refractivity contribution in [1.82, 2.24) is 15.1 Å². The molecule has 1 aliphatic heterocycles. The minimum Gasteiger partial charge on any atom is -0.352 e. The Morgan fingerprint density at radius 2 is 1.85 bits per heavy atom. The van der Waals surface area contributed by atoms with Crippen LogP contribution in [0.1, 0.15) is 43.4 Å². The third kappa shape index (κ3) is 5.53. The van der Waals surface area contributed by atoms with Crippen molar-refractivity contribution in [2.45, 2.75) is 25.2 Å². The first-order chi connectivity index (χ1) is 18.3. The number of amides is 2. The predicted molar refractivity (Wildman–Crippen MR) is 125 cm³/mol. The molecule has 1 unspecified atom stereocenters. The van der Waals surface area contributed by atoms with Gasteiger partial charge in [0, 0.05) is 43.6 Å². The molecule has 4 aromatic rings. The van der Waals surface area contributed by atoms with Gasteiger partial charge in [0.15, 0.2) is 5.91 Å². The van der Waals surface area contributed by atoms with E-state index < -0.39 is 59.8 Å². The first-order valence-corrected chi connectivity index (χ1v) is 11.4. The van der Waals surface area contributed by atoms with Gasteiger partial charge in [0.05, 0.1) is 18.2 Å². The second-order valence-electron chi connectivity index (χ2n) is 8.54. The molecule has 2 amide bonds. The van der Waals surface area contributed by atoms with Crippen LogP contribution >= 0.6 is 11.6 Å². The van der Waals surface area contributed by atoms with Gasteiger partial charge in [-0.15, -0.1) is 5.39 Å². The molecule has 15 heteroatoms. The van der Waals surface area contributed by atoms with Crippen LogP contribution in [0.25, 0.3) is 10.9 Å². The third-order valence-corrected chi connectivity index (χ3v) is 6.36. The van der Waals surface area contributed by atoms with Crippen molar-refractivity contribution in [2.24, 2.45) is 0 Å². The number of hydrogen-bond acceptors (Lipinski definition) is 3. The Balaban J connectivity index is 0.00000370. The molecule has 2 heterocycles. The Labute approximate surface area is 245 Å². The van der Waals surface area contributed by atoms with Gasteiger partial charge in [-0.2, -0.15) is 13.2 Å². The molecule has 1 aromatic heterocycles. The molecule has 1 aliphatic rings. The fourth-order valence-corrected chi connectivity index (χ4v) is 4.62. The summed E-state index contributed by atoms with van der Waals surface area (Å²) in [5.41, 5.74) is -2.46. The predicted octanol–water partition coefficient (Wildman–Crippen LogP) is 6.13. The fourth-order valence-electron chi connectivity index (χ4n) is 4.40. The number of halogens is 8. The first kappa shape index (κ1) is 29.8. The van der Waals surface area contributed by atoms with Crippen LogP contribution in [0.3, 0.4) is 0 Å². The summed E-state index contributed by atoms with van der Waals surface area (Å²) in [6.07, 6.45) is -5.32. The van der Waals surface area contributed by atoms with Crippen LogP contribution in [-0.4, -0.2) is 28.0 Å². The van der Waals surface area contributed by atoms with E-state index in [0.29, 0.717) is 12.1 Å². The summed E-state index contributed by atoms with van der Waals surface area (Å²) in [5, 5.41) is 8.72. The van der Waals surface area contributed by atoms with Crippen molar-refractivity contribution in [1.29, 1.82) is 0 Å². The topological polar surface area (TPSA) is 76.0 Å². The third-order valence-electron chi connectivity index (χ3n) is 6.01. The Bertz CT molecular complexity index is 1660. The van der Waals surface area contributed by atoms with E-state index in [1.165, 1.54) is 12.1 Å². The minimum atomic E-state index is -4.95. The molecule has 0 spiro atoms. The Kier molecular flexibility index (Phi) is 8.18. The molecular formula is C25H13CdClF7N4O2-. The summed E-state index contributed by atoms with van der Waals surface area (Å²) in [6, 6.07) is 4.54. The number of aromatic nitrogens is 2. The van der Waals surface area contributed by atoms with Crippen LogP contribution in [0.5, 0.6) is 0 Å². The molecule has 40 heavy (non-hydrogen) atoms. The molecule has 0 saturated carbocycles. The van der Waals surface area contributed by atoms with E-state index in [1.54, 1.807) is 0 Å². The molecule has 0 aliphatic carbocycles. The van der Waals surface area contributed by atoms with Crippen molar-refractivity contribution < 1.29 is 67.6 Å². The number of carbonyl (C=O) groups is 2. The van der Waals surface area contributed by atoms with Crippen LogP contribution in [0.15, 0.2) is 42.5 Å². The molecule has 0 radical (unpaired) electrons. The second-order valence-corrected chi connectivity index (χ2v) is 8.95.